The Morgan fingerprint density at radius 3 is 2.41 bits per heavy atom. The molecule has 9 nitrogen and oxygen atoms in total. The van der Waals surface area contributed by atoms with Crippen molar-refractivity contribution in [2.24, 2.45) is 5.10 Å². The molecule has 0 bridgehead atoms. The zero-order valence-corrected chi connectivity index (χ0v) is 18.1. The average molecular weight is 513 g/mol. The maximum atomic E-state index is 12.2. The second kappa shape index (κ2) is 10.5. The minimum Gasteiger partial charge on any atom is -0.504 e. The van der Waals surface area contributed by atoms with E-state index in [1.165, 1.54) is 33.6 Å². The monoisotopic (exact) mass is 513 g/mol. The molecule has 10 heteroatoms. The van der Waals surface area contributed by atoms with Gasteiger partial charge in [-0.3, -0.25) is 9.59 Å². The summed E-state index contributed by atoms with van der Waals surface area (Å²) in [6.45, 7) is -0.263. The van der Waals surface area contributed by atoms with Gasteiger partial charge in [0.25, 0.3) is 11.8 Å². The van der Waals surface area contributed by atoms with Crippen LogP contribution in [-0.2, 0) is 4.79 Å². The summed E-state index contributed by atoms with van der Waals surface area (Å²) in [5, 5.41) is 16.1. The first-order valence-corrected chi connectivity index (χ1v) is 9.36. The Morgan fingerprint density at radius 1 is 1.07 bits per heavy atom. The highest BCUT2D eigenvalue weighted by atomic mass is 127. The number of phenols is 1. The Hall–Kier alpha value is -3.02. The van der Waals surface area contributed by atoms with E-state index in [1.807, 2.05) is 22.6 Å². The van der Waals surface area contributed by atoms with Crippen LogP contribution in [0.1, 0.15) is 15.9 Å². The fraction of sp³-hybridized carbons (Fsp3) is 0.211. The third kappa shape index (κ3) is 5.98. The van der Waals surface area contributed by atoms with Gasteiger partial charge in [0.1, 0.15) is 0 Å². The molecule has 0 aromatic heterocycles. The lowest BCUT2D eigenvalue weighted by Crippen LogP contribution is -2.34. The number of benzene rings is 2. The number of phenolic OH excluding ortho intramolecular Hbond substituents is 1. The van der Waals surface area contributed by atoms with E-state index < -0.39 is 11.8 Å². The molecule has 0 aliphatic heterocycles. The maximum absolute atomic E-state index is 12.2. The molecule has 29 heavy (non-hydrogen) atoms. The normalized spacial score (nSPS) is 10.5. The van der Waals surface area contributed by atoms with E-state index >= 15 is 0 Å². The Labute approximate surface area is 181 Å². The lowest BCUT2D eigenvalue weighted by atomic mass is 10.2. The van der Waals surface area contributed by atoms with Crippen LogP contribution in [0.2, 0.25) is 0 Å². The Kier molecular flexibility index (Phi) is 8.07. The summed E-state index contributed by atoms with van der Waals surface area (Å²) in [5.41, 5.74) is 3.26. The van der Waals surface area contributed by atoms with Crippen molar-refractivity contribution in [1.82, 2.24) is 10.7 Å². The van der Waals surface area contributed by atoms with E-state index in [0.29, 0.717) is 31.9 Å². The summed E-state index contributed by atoms with van der Waals surface area (Å²) in [4.78, 5) is 24.1. The summed E-state index contributed by atoms with van der Waals surface area (Å²) in [6, 6.07) is 7.93. The Balaban J connectivity index is 1.91. The van der Waals surface area contributed by atoms with E-state index in [0.717, 1.165) is 0 Å². The van der Waals surface area contributed by atoms with Gasteiger partial charge in [0.2, 0.25) is 0 Å². The van der Waals surface area contributed by atoms with E-state index in [-0.39, 0.29) is 12.3 Å². The first kappa shape index (κ1) is 22.3. The van der Waals surface area contributed by atoms with Crippen LogP contribution in [0.25, 0.3) is 0 Å². The molecule has 0 atom stereocenters. The fourth-order valence-electron chi connectivity index (χ4n) is 2.28. The molecule has 2 rings (SSSR count). The van der Waals surface area contributed by atoms with Crippen LogP contribution in [-0.4, -0.2) is 51.0 Å². The van der Waals surface area contributed by atoms with Gasteiger partial charge in [-0.2, -0.15) is 5.10 Å². The molecular weight excluding hydrogens is 493 g/mol. The van der Waals surface area contributed by atoms with Gasteiger partial charge >= 0.3 is 0 Å². The van der Waals surface area contributed by atoms with Gasteiger partial charge in [0.15, 0.2) is 23.0 Å². The van der Waals surface area contributed by atoms with Gasteiger partial charge in [-0.15, -0.1) is 0 Å². The van der Waals surface area contributed by atoms with Crippen LogP contribution in [0.3, 0.4) is 0 Å². The third-order valence-corrected chi connectivity index (χ3v) is 4.55. The number of methoxy groups -OCH3 is 3. The first-order valence-electron chi connectivity index (χ1n) is 8.28. The lowest BCUT2D eigenvalue weighted by Gasteiger charge is -2.09. The second-order valence-electron chi connectivity index (χ2n) is 5.60. The number of carbonyl (C=O) groups is 2. The van der Waals surface area contributed by atoms with Gasteiger partial charge in [0.05, 0.1) is 37.7 Å². The zero-order valence-electron chi connectivity index (χ0n) is 16.0. The van der Waals surface area contributed by atoms with Gasteiger partial charge in [-0.1, -0.05) is 0 Å². The van der Waals surface area contributed by atoms with Crippen molar-refractivity contribution in [1.29, 1.82) is 0 Å². The Bertz CT molecular complexity index is 932. The fourth-order valence-corrected chi connectivity index (χ4v) is 2.91. The smallest absolute Gasteiger partial charge is 0.259 e. The van der Waals surface area contributed by atoms with Crippen molar-refractivity contribution < 1.29 is 28.9 Å². The molecular formula is C19H20IN3O6. The number of hydrogen-bond acceptors (Lipinski definition) is 7. The maximum Gasteiger partial charge on any atom is 0.259 e. The van der Waals surface area contributed by atoms with E-state index in [1.54, 1.807) is 24.3 Å². The van der Waals surface area contributed by atoms with E-state index in [4.69, 9.17) is 14.2 Å². The van der Waals surface area contributed by atoms with E-state index in [2.05, 4.69) is 15.8 Å². The zero-order chi connectivity index (χ0) is 21.4. The highest BCUT2D eigenvalue weighted by Gasteiger charge is 2.12. The number of hydrazone groups is 1. The topological polar surface area (TPSA) is 118 Å². The highest BCUT2D eigenvalue weighted by Crippen LogP contribution is 2.31. The van der Waals surface area contributed by atoms with Crippen LogP contribution in [0, 0.1) is 3.57 Å². The molecule has 0 aliphatic rings. The molecule has 0 aliphatic carbocycles. The number of nitrogens with zero attached hydrogens (tertiary/aromatic N) is 1. The van der Waals surface area contributed by atoms with Crippen molar-refractivity contribution >= 4 is 40.6 Å². The SMILES string of the molecule is COc1ccc(C(=O)NCC(=O)N/N=C/c2cc(I)c(O)c(OC)c2)cc1OC. The number of nitrogens with one attached hydrogen (secondary N) is 2. The summed E-state index contributed by atoms with van der Waals surface area (Å²) >= 11 is 1.96. The van der Waals surface area contributed by atoms with Gasteiger partial charge in [0, 0.05) is 5.56 Å². The number of aromatic hydroxyl groups is 1. The number of amides is 2. The largest absolute Gasteiger partial charge is 0.504 e. The third-order valence-electron chi connectivity index (χ3n) is 3.73. The molecule has 2 amide bonds. The van der Waals surface area contributed by atoms with Crippen LogP contribution in [0.4, 0.5) is 0 Å². The van der Waals surface area contributed by atoms with Crippen LogP contribution >= 0.6 is 22.6 Å². The molecule has 0 saturated carbocycles. The predicted molar refractivity (Wildman–Crippen MR) is 115 cm³/mol. The number of carbonyl (C=O) groups excluding carboxylic acids is 2. The number of hydrogen-bond donors (Lipinski definition) is 3. The van der Waals surface area contributed by atoms with Crippen molar-refractivity contribution in [3.63, 3.8) is 0 Å². The highest BCUT2D eigenvalue weighted by molar-refractivity contribution is 14.1. The molecule has 154 valence electrons. The first-order chi connectivity index (χ1) is 13.9. The standard InChI is InChI=1S/C19H20IN3O6/c1-27-14-5-4-12(8-15(14)28-2)19(26)21-10-17(24)23-22-9-11-6-13(20)18(25)16(7-11)29-3/h4-9,25H,10H2,1-3H3,(H,21,26)(H,23,24)/b22-9+. The molecule has 2 aromatic rings. The lowest BCUT2D eigenvalue weighted by molar-refractivity contribution is -0.120. The van der Waals surface area contributed by atoms with Crippen molar-refractivity contribution in [2.75, 3.05) is 27.9 Å². The van der Waals surface area contributed by atoms with Gasteiger partial charge < -0.3 is 24.6 Å². The average Bonchev–Trinajstić information content (AvgIpc) is 2.73. The number of rotatable bonds is 8. The molecule has 2 aromatic carbocycles. The summed E-state index contributed by atoms with van der Waals surface area (Å²) < 4.78 is 15.9. The quantitative estimate of drug-likeness (QED) is 0.282. The molecule has 0 heterocycles. The molecule has 0 saturated heterocycles. The minimum absolute atomic E-state index is 0.0344. The molecule has 0 spiro atoms. The summed E-state index contributed by atoms with van der Waals surface area (Å²) in [6.07, 6.45) is 1.40. The van der Waals surface area contributed by atoms with E-state index in [9.17, 15) is 14.7 Å². The predicted octanol–water partition coefficient (Wildman–Crippen LogP) is 1.90. The molecule has 3 N–H and O–H groups in total. The number of ether oxygens (including phenoxy) is 3. The Morgan fingerprint density at radius 2 is 1.76 bits per heavy atom. The second-order valence-corrected chi connectivity index (χ2v) is 6.76. The summed E-state index contributed by atoms with van der Waals surface area (Å²) in [7, 11) is 4.40. The van der Waals surface area contributed by atoms with Crippen molar-refractivity contribution in [3.8, 4) is 23.0 Å². The summed E-state index contributed by atoms with van der Waals surface area (Å²) in [5.74, 6) is 0.294. The van der Waals surface area contributed by atoms with Crippen molar-refractivity contribution in [2.45, 2.75) is 0 Å². The number of halogens is 1. The molecule has 0 unspecified atom stereocenters. The van der Waals surface area contributed by atoms with Crippen LogP contribution in [0.15, 0.2) is 35.4 Å². The van der Waals surface area contributed by atoms with Crippen molar-refractivity contribution in [3.05, 3.63) is 45.0 Å². The molecule has 0 fully saturated rings. The minimum atomic E-state index is -0.504. The molecule has 0 radical (unpaired) electrons. The van der Waals surface area contributed by atoms with Crippen LogP contribution in [0.5, 0.6) is 23.0 Å². The van der Waals surface area contributed by atoms with Gasteiger partial charge in [-0.05, 0) is 58.5 Å². The van der Waals surface area contributed by atoms with Gasteiger partial charge in [-0.25, -0.2) is 5.43 Å². The van der Waals surface area contributed by atoms with Crippen LogP contribution < -0.4 is 25.0 Å².